The van der Waals surface area contributed by atoms with Crippen molar-refractivity contribution < 1.29 is 4.74 Å². The summed E-state index contributed by atoms with van der Waals surface area (Å²) in [6, 6.07) is 14.2. The van der Waals surface area contributed by atoms with Crippen molar-refractivity contribution in [1.82, 2.24) is 15.0 Å². The lowest BCUT2D eigenvalue weighted by molar-refractivity contribution is 0.350. The third-order valence-corrected chi connectivity index (χ3v) is 4.34. The third-order valence-electron chi connectivity index (χ3n) is 4.34. The van der Waals surface area contributed by atoms with Crippen LogP contribution in [0.4, 0.5) is 5.69 Å². The minimum Gasteiger partial charge on any atom is -0.497 e. The Bertz CT molecular complexity index is 826. The predicted octanol–water partition coefficient (Wildman–Crippen LogP) is 3.24. The number of hydrogen-bond donors (Lipinski definition) is 1. The van der Waals surface area contributed by atoms with Crippen LogP contribution in [0, 0.1) is 5.92 Å². The van der Waals surface area contributed by atoms with Crippen molar-refractivity contribution in [3.8, 4) is 5.75 Å². The van der Waals surface area contributed by atoms with Gasteiger partial charge in [0.05, 0.1) is 12.6 Å². The number of para-hydroxylation sites is 1. The summed E-state index contributed by atoms with van der Waals surface area (Å²) in [5.41, 5.74) is 4.40. The van der Waals surface area contributed by atoms with Gasteiger partial charge in [-0.05, 0) is 30.2 Å². The second-order valence-electron chi connectivity index (χ2n) is 5.82. The Labute approximate surface area is 128 Å². The minimum absolute atomic E-state index is 0.0898. The number of hydrogen-bond acceptors (Lipinski definition) is 4. The first-order valence-corrected chi connectivity index (χ1v) is 7.49. The molecule has 112 valence electrons. The Morgan fingerprint density at radius 2 is 2.09 bits per heavy atom. The molecule has 0 amide bonds. The van der Waals surface area contributed by atoms with Crippen molar-refractivity contribution in [3.05, 3.63) is 48.0 Å². The number of nitrogens with zero attached hydrogens (tertiary/aromatic N) is 3. The van der Waals surface area contributed by atoms with Crippen molar-refractivity contribution in [3.63, 3.8) is 0 Å². The number of anilines is 1. The summed E-state index contributed by atoms with van der Waals surface area (Å²) < 4.78 is 7.32. The first-order valence-electron chi connectivity index (χ1n) is 7.49. The van der Waals surface area contributed by atoms with Crippen LogP contribution in [-0.4, -0.2) is 22.1 Å². The average Bonchev–Trinajstić information content (AvgIpc) is 2.97. The maximum Gasteiger partial charge on any atom is 0.125 e. The lowest BCUT2D eigenvalue weighted by Crippen LogP contribution is -2.31. The summed E-state index contributed by atoms with van der Waals surface area (Å²) in [6.45, 7) is 2.24. The average molecular weight is 294 g/mol. The molecule has 0 fully saturated rings. The van der Waals surface area contributed by atoms with Crippen LogP contribution < -0.4 is 10.1 Å². The zero-order valence-electron chi connectivity index (χ0n) is 12.7. The molecule has 1 N–H and O–H groups in total. The zero-order chi connectivity index (χ0) is 15.1. The maximum absolute atomic E-state index is 5.33. The number of benzene rings is 2. The van der Waals surface area contributed by atoms with Gasteiger partial charge in [-0.15, -0.1) is 5.10 Å². The van der Waals surface area contributed by atoms with Gasteiger partial charge in [-0.25, -0.2) is 4.68 Å². The van der Waals surface area contributed by atoms with Gasteiger partial charge < -0.3 is 10.1 Å². The van der Waals surface area contributed by atoms with E-state index >= 15 is 0 Å². The molecule has 22 heavy (non-hydrogen) atoms. The summed E-state index contributed by atoms with van der Waals surface area (Å²) in [4.78, 5) is 0. The zero-order valence-corrected chi connectivity index (χ0v) is 12.7. The molecular weight excluding hydrogens is 276 g/mol. The normalized spacial score (nSPS) is 20.5. The SMILES string of the molecule is COc1ccc2c(c1)NC(n1nnc3ccccc31)C(C)C2. The summed E-state index contributed by atoms with van der Waals surface area (Å²) in [5, 5.41) is 12.2. The second kappa shape index (κ2) is 5.02. The molecule has 0 bridgehead atoms. The largest absolute Gasteiger partial charge is 0.497 e. The van der Waals surface area contributed by atoms with Crippen molar-refractivity contribution >= 4 is 16.7 Å². The highest BCUT2D eigenvalue weighted by molar-refractivity contribution is 5.74. The van der Waals surface area contributed by atoms with Crippen LogP contribution in [0.5, 0.6) is 5.75 Å². The van der Waals surface area contributed by atoms with Gasteiger partial charge in [-0.1, -0.05) is 30.3 Å². The third kappa shape index (κ3) is 2.01. The summed E-state index contributed by atoms with van der Waals surface area (Å²) >= 11 is 0. The highest BCUT2D eigenvalue weighted by atomic mass is 16.5. The molecule has 2 atom stereocenters. The number of nitrogens with one attached hydrogen (secondary N) is 1. The van der Waals surface area contributed by atoms with Crippen LogP contribution >= 0.6 is 0 Å². The van der Waals surface area contributed by atoms with Gasteiger partial charge in [0.25, 0.3) is 0 Å². The van der Waals surface area contributed by atoms with Gasteiger partial charge in [0.1, 0.15) is 17.4 Å². The topological polar surface area (TPSA) is 52.0 Å². The molecule has 0 spiro atoms. The number of fused-ring (bicyclic) bond motifs is 2. The van der Waals surface area contributed by atoms with E-state index in [1.54, 1.807) is 7.11 Å². The Kier molecular flexibility index (Phi) is 2.99. The highest BCUT2D eigenvalue weighted by Crippen LogP contribution is 2.36. The second-order valence-corrected chi connectivity index (χ2v) is 5.82. The molecule has 1 aliphatic rings. The fourth-order valence-electron chi connectivity index (χ4n) is 3.15. The Hall–Kier alpha value is -2.56. The number of rotatable bonds is 2. The fraction of sp³-hybridized carbons (Fsp3) is 0.294. The number of methoxy groups -OCH3 is 1. The monoisotopic (exact) mass is 294 g/mol. The molecule has 1 aromatic heterocycles. The van der Waals surface area contributed by atoms with Gasteiger partial charge in [0.2, 0.25) is 0 Å². The van der Waals surface area contributed by atoms with E-state index in [-0.39, 0.29) is 6.17 Å². The summed E-state index contributed by atoms with van der Waals surface area (Å²) in [5.74, 6) is 1.29. The van der Waals surface area contributed by atoms with Crippen LogP contribution in [-0.2, 0) is 6.42 Å². The van der Waals surface area contributed by atoms with Crippen LogP contribution in [0.25, 0.3) is 11.0 Å². The Morgan fingerprint density at radius 1 is 1.23 bits per heavy atom. The first kappa shape index (κ1) is 13.1. The first-order chi connectivity index (χ1) is 10.8. The molecule has 0 saturated carbocycles. The van der Waals surface area contributed by atoms with E-state index in [1.165, 1.54) is 5.56 Å². The van der Waals surface area contributed by atoms with Gasteiger partial charge in [0, 0.05) is 17.7 Å². The van der Waals surface area contributed by atoms with E-state index in [4.69, 9.17) is 4.74 Å². The molecule has 2 unspecified atom stereocenters. The van der Waals surface area contributed by atoms with E-state index in [0.29, 0.717) is 5.92 Å². The molecule has 0 aliphatic carbocycles. The molecule has 5 heteroatoms. The number of ether oxygens (including phenoxy) is 1. The van der Waals surface area contributed by atoms with Gasteiger partial charge >= 0.3 is 0 Å². The smallest absolute Gasteiger partial charge is 0.125 e. The van der Waals surface area contributed by atoms with E-state index < -0.39 is 0 Å². The fourth-order valence-corrected chi connectivity index (χ4v) is 3.15. The van der Waals surface area contributed by atoms with Crippen LogP contribution in [0.3, 0.4) is 0 Å². The summed E-state index contributed by atoms with van der Waals surface area (Å²) in [7, 11) is 1.69. The summed E-state index contributed by atoms with van der Waals surface area (Å²) in [6.07, 6.45) is 1.09. The highest BCUT2D eigenvalue weighted by Gasteiger charge is 2.28. The van der Waals surface area contributed by atoms with Gasteiger partial charge in [-0.2, -0.15) is 0 Å². The molecule has 5 nitrogen and oxygen atoms in total. The van der Waals surface area contributed by atoms with Crippen molar-refractivity contribution in [1.29, 1.82) is 0 Å². The van der Waals surface area contributed by atoms with Crippen molar-refractivity contribution in [2.45, 2.75) is 19.5 Å². The van der Waals surface area contributed by atoms with E-state index in [1.807, 2.05) is 35.0 Å². The number of aromatic nitrogens is 3. The minimum atomic E-state index is 0.0898. The molecule has 0 radical (unpaired) electrons. The van der Waals surface area contributed by atoms with Crippen molar-refractivity contribution in [2.24, 2.45) is 5.92 Å². The van der Waals surface area contributed by atoms with Crippen LogP contribution in [0.2, 0.25) is 0 Å². The van der Waals surface area contributed by atoms with E-state index in [0.717, 1.165) is 28.9 Å². The standard InChI is InChI=1S/C17H18N4O/c1-11-9-12-7-8-13(22-2)10-15(12)18-17(11)21-16-6-4-3-5-14(16)19-20-21/h3-8,10-11,17-18H,9H2,1-2H3. The van der Waals surface area contributed by atoms with Gasteiger partial charge in [-0.3, -0.25) is 0 Å². The lowest BCUT2D eigenvalue weighted by Gasteiger charge is -2.33. The lowest BCUT2D eigenvalue weighted by atomic mass is 9.92. The quantitative estimate of drug-likeness (QED) is 0.788. The van der Waals surface area contributed by atoms with Crippen LogP contribution in [0.15, 0.2) is 42.5 Å². The van der Waals surface area contributed by atoms with E-state index in [9.17, 15) is 0 Å². The predicted molar refractivity (Wildman–Crippen MR) is 86.0 cm³/mol. The van der Waals surface area contributed by atoms with Crippen LogP contribution in [0.1, 0.15) is 18.7 Å². The molecule has 2 aromatic carbocycles. The molecule has 3 aromatic rings. The molecule has 1 aliphatic heterocycles. The van der Waals surface area contributed by atoms with Crippen molar-refractivity contribution in [2.75, 3.05) is 12.4 Å². The van der Waals surface area contributed by atoms with Gasteiger partial charge in [0.15, 0.2) is 0 Å². The molecule has 2 heterocycles. The molecule has 4 rings (SSSR count). The van der Waals surface area contributed by atoms with E-state index in [2.05, 4.69) is 34.7 Å². The Morgan fingerprint density at radius 3 is 2.95 bits per heavy atom. The maximum atomic E-state index is 5.33. The molecular formula is C17H18N4O. The Balaban J connectivity index is 1.76. The molecule has 0 saturated heterocycles.